The van der Waals surface area contributed by atoms with E-state index in [1.165, 1.54) is 7.11 Å². The normalized spacial score (nSPS) is 11.8. The largest absolute Gasteiger partial charge is 0.465 e. The molecule has 138 valence electrons. The van der Waals surface area contributed by atoms with Gasteiger partial charge >= 0.3 is 5.97 Å². The summed E-state index contributed by atoms with van der Waals surface area (Å²) in [4.78, 5) is 36.6. The Morgan fingerprint density at radius 1 is 1.16 bits per heavy atom. The predicted molar refractivity (Wildman–Crippen MR) is 95.7 cm³/mol. The van der Waals surface area contributed by atoms with Crippen LogP contribution in [0.15, 0.2) is 18.2 Å². The number of ether oxygens (including phenoxy) is 1. The Morgan fingerprint density at radius 2 is 1.80 bits per heavy atom. The van der Waals surface area contributed by atoms with Crippen LogP contribution in [0.1, 0.15) is 36.7 Å². The standard InChI is InChI=1S/C18H27N3O4/c1-6-21(10-16(22)19-12(2)3)11-17(23)20-15-9-14(18(24)25-5)8-7-13(15)4/h7-9,12H,6,10-11H2,1-5H3,(H,19,22)(H,20,23)/p+1. The highest BCUT2D eigenvalue weighted by molar-refractivity contribution is 5.95. The van der Waals surface area contributed by atoms with Crippen LogP contribution in [0.2, 0.25) is 0 Å². The molecule has 3 N–H and O–H groups in total. The summed E-state index contributed by atoms with van der Waals surface area (Å²) >= 11 is 0. The minimum atomic E-state index is -0.457. The van der Waals surface area contributed by atoms with Gasteiger partial charge in [-0.2, -0.15) is 0 Å². The molecule has 0 aliphatic carbocycles. The third-order valence-corrected chi connectivity index (χ3v) is 3.70. The zero-order chi connectivity index (χ0) is 19.0. The predicted octanol–water partition coefficient (Wildman–Crippen LogP) is 0.150. The van der Waals surface area contributed by atoms with Crippen molar-refractivity contribution in [3.63, 3.8) is 0 Å². The van der Waals surface area contributed by atoms with Crippen molar-refractivity contribution in [2.75, 3.05) is 32.1 Å². The Bertz CT molecular complexity index is 629. The lowest BCUT2D eigenvalue weighted by Crippen LogP contribution is -3.14. The number of quaternary nitrogens is 1. The van der Waals surface area contributed by atoms with E-state index in [1.807, 2.05) is 27.7 Å². The molecule has 0 spiro atoms. The molecule has 0 radical (unpaired) electrons. The molecule has 1 unspecified atom stereocenters. The quantitative estimate of drug-likeness (QED) is 0.582. The third kappa shape index (κ3) is 6.93. The van der Waals surface area contributed by atoms with Crippen molar-refractivity contribution in [1.29, 1.82) is 0 Å². The number of rotatable bonds is 8. The van der Waals surface area contributed by atoms with E-state index >= 15 is 0 Å². The summed E-state index contributed by atoms with van der Waals surface area (Å²) in [7, 11) is 1.31. The number of anilines is 1. The van der Waals surface area contributed by atoms with Gasteiger partial charge in [-0.1, -0.05) is 6.07 Å². The number of esters is 1. The topological polar surface area (TPSA) is 88.9 Å². The summed E-state index contributed by atoms with van der Waals surface area (Å²) in [6, 6.07) is 5.07. The SMILES string of the molecule is CC[NH+](CC(=O)Nc1cc(C(=O)OC)ccc1C)CC(=O)NC(C)C. The van der Waals surface area contributed by atoms with Gasteiger partial charge in [-0.3, -0.25) is 9.59 Å². The zero-order valence-corrected chi connectivity index (χ0v) is 15.6. The summed E-state index contributed by atoms with van der Waals surface area (Å²) < 4.78 is 4.69. The van der Waals surface area contributed by atoms with Gasteiger partial charge in [0.15, 0.2) is 13.1 Å². The minimum absolute atomic E-state index is 0.0724. The van der Waals surface area contributed by atoms with Gasteiger partial charge in [0.05, 0.1) is 19.2 Å². The molecule has 1 aromatic carbocycles. The molecule has 1 aromatic rings. The van der Waals surface area contributed by atoms with Crippen LogP contribution in [0.25, 0.3) is 0 Å². The number of carbonyl (C=O) groups excluding carboxylic acids is 3. The first-order valence-corrected chi connectivity index (χ1v) is 8.38. The van der Waals surface area contributed by atoms with Crippen molar-refractivity contribution in [3.05, 3.63) is 29.3 Å². The highest BCUT2D eigenvalue weighted by Crippen LogP contribution is 2.17. The van der Waals surface area contributed by atoms with Crippen molar-refractivity contribution in [3.8, 4) is 0 Å². The molecular weight excluding hydrogens is 322 g/mol. The maximum atomic E-state index is 12.3. The maximum absolute atomic E-state index is 12.3. The number of likely N-dealkylation sites (N-methyl/N-ethyl adjacent to an activating group) is 1. The highest BCUT2D eigenvalue weighted by atomic mass is 16.5. The van der Waals surface area contributed by atoms with Crippen LogP contribution in [0.3, 0.4) is 0 Å². The molecular formula is C18H28N3O4+. The summed E-state index contributed by atoms with van der Waals surface area (Å²) in [5.74, 6) is -0.746. The van der Waals surface area contributed by atoms with E-state index < -0.39 is 5.97 Å². The van der Waals surface area contributed by atoms with Gasteiger partial charge in [-0.05, 0) is 45.4 Å². The van der Waals surface area contributed by atoms with E-state index in [-0.39, 0.29) is 30.9 Å². The molecule has 0 heterocycles. The minimum Gasteiger partial charge on any atom is -0.465 e. The van der Waals surface area contributed by atoms with Crippen LogP contribution < -0.4 is 15.5 Å². The van der Waals surface area contributed by atoms with Crippen molar-refractivity contribution < 1.29 is 24.0 Å². The molecule has 0 saturated heterocycles. The van der Waals surface area contributed by atoms with E-state index in [0.29, 0.717) is 17.8 Å². The summed E-state index contributed by atoms with van der Waals surface area (Å²) in [5.41, 5.74) is 1.78. The van der Waals surface area contributed by atoms with E-state index in [0.717, 1.165) is 10.5 Å². The first-order valence-electron chi connectivity index (χ1n) is 8.38. The smallest absolute Gasteiger partial charge is 0.337 e. The van der Waals surface area contributed by atoms with Crippen LogP contribution in [0.5, 0.6) is 0 Å². The molecule has 0 aromatic heterocycles. The Balaban J connectivity index is 2.71. The van der Waals surface area contributed by atoms with Crippen LogP contribution in [-0.2, 0) is 14.3 Å². The second-order valence-corrected chi connectivity index (χ2v) is 6.25. The number of amides is 2. The van der Waals surface area contributed by atoms with Crippen molar-refractivity contribution in [1.82, 2.24) is 5.32 Å². The van der Waals surface area contributed by atoms with Gasteiger partial charge in [0.2, 0.25) is 0 Å². The Kier molecular flexibility index (Phi) is 8.07. The summed E-state index contributed by atoms with van der Waals surface area (Å²) in [6.45, 7) is 8.62. The molecule has 1 rings (SSSR count). The molecule has 25 heavy (non-hydrogen) atoms. The van der Waals surface area contributed by atoms with E-state index in [2.05, 4.69) is 10.6 Å². The second-order valence-electron chi connectivity index (χ2n) is 6.25. The molecule has 7 nitrogen and oxygen atoms in total. The molecule has 0 aliphatic rings. The molecule has 1 atom stereocenters. The van der Waals surface area contributed by atoms with Gasteiger partial charge in [0, 0.05) is 11.7 Å². The number of aryl methyl sites for hydroxylation is 1. The van der Waals surface area contributed by atoms with Crippen LogP contribution in [0.4, 0.5) is 5.69 Å². The fourth-order valence-electron chi connectivity index (χ4n) is 2.34. The molecule has 2 amide bonds. The third-order valence-electron chi connectivity index (χ3n) is 3.70. The zero-order valence-electron chi connectivity index (χ0n) is 15.6. The van der Waals surface area contributed by atoms with Crippen molar-refractivity contribution >= 4 is 23.5 Å². The van der Waals surface area contributed by atoms with Gasteiger partial charge in [-0.15, -0.1) is 0 Å². The van der Waals surface area contributed by atoms with Crippen molar-refractivity contribution in [2.24, 2.45) is 0 Å². The number of carbonyl (C=O) groups is 3. The van der Waals surface area contributed by atoms with Gasteiger partial charge in [0.25, 0.3) is 11.8 Å². The molecule has 0 bridgehead atoms. The van der Waals surface area contributed by atoms with E-state index in [9.17, 15) is 14.4 Å². The summed E-state index contributed by atoms with van der Waals surface area (Å²) in [5, 5.41) is 5.63. The Labute approximate surface area is 148 Å². The number of hydrogen-bond acceptors (Lipinski definition) is 4. The average Bonchev–Trinajstić information content (AvgIpc) is 2.54. The lowest BCUT2D eigenvalue weighted by atomic mass is 10.1. The van der Waals surface area contributed by atoms with Gasteiger partial charge in [-0.25, -0.2) is 4.79 Å². The summed E-state index contributed by atoms with van der Waals surface area (Å²) in [6.07, 6.45) is 0. The Morgan fingerprint density at radius 3 is 2.36 bits per heavy atom. The lowest BCUT2D eigenvalue weighted by Gasteiger charge is -2.18. The number of benzene rings is 1. The molecule has 0 saturated carbocycles. The molecule has 7 heteroatoms. The molecule has 0 fully saturated rings. The first-order chi connectivity index (χ1) is 11.8. The van der Waals surface area contributed by atoms with Crippen LogP contribution in [-0.4, -0.2) is 50.6 Å². The molecule has 0 aliphatic heterocycles. The van der Waals surface area contributed by atoms with Gasteiger partial charge < -0.3 is 20.3 Å². The number of methoxy groups -OCH3 is 1. The first kappa shape index (κ1) is 20.6. The van der Waals surface area contributed by atoms with E-state index in [4.69, 9.17) is 4.74 Å². The van der Waals surface area contributed by atoms with Gasteiger partial charge in [0.1, 0.15) is 0 Å². The van der Waals surface area contributed by atoms with E-state index in [1.54, 1.807) is 18.2 Å². The number of hydrogen-bond donors (Lipinski definition) is 3. The second kappa shape index (κ2) is 9.78. The van der Waals surface area contributed by atoms with Crippen LogP contribution in [0, 0.1) is 6.92 Å². The fraction of sp³-hybridized carbons (Fsp3) is 0.500. The number of nitrogens with one attached hydrogen (secondary N) is 3. The van der Waals surface area contributed by atoms with Crippen molar-refractivity contribution in [2.45, 2.75) is 33.7 Å². The average molecular weight is 350 g/mol. The Hall–Kier alpha value is -2.41. The fourth-order valence-corrected chi connectivity index (χ4v) is 2.34. The monoisotopic (exact) mass is 350 g/mol. The highest BCUT2D eigenvalue weighted by Gasteiger charge is 2.18. The van der Waals surface area contributed by atoms with Crippen LogP contribution >= 0.6 is 0 Å². The maximum Gasteiger partial charge on any atom is 0.337 e. The lowest BCUT2D eigenvalue weighted by molar-refractivity contribution is -0.881.